The maximum atomic E-state index is 13.2. The summed E-state index contributed by atoms with van der Waals surface area (Å²) in [6.07, 6.45) is -0.261. The summed E-state index contributed by atoms with van der Waals surface area (Å²) in [4.78, 5) is 14.4. The van der Waals surface area contributed by atoms with Gasteiger partial charge in [0.25, 0.3) is 0 Å². The quantitative estimate of drug-likeness (QED) is 0.878. The van der Waals surface area contributed by atoms with Crippen molar-refractivity contribution in [2.45, 2.75) is 6.42 Å². The normalized spacial score (nSPS) is 10.5. The topological polar surface area (TPSA) is 78.9 Å². The van der Waals surface area contributed by atoms with Gasteiger partial charge in [0.05, 0.1) is 5.02 Å². The molecule has 88 valence electrons. The van der Waals surface area contributed by atoms with Gasteiger partial charge >= 0.3 is 5.97 Å². The molecule has 0 saturated heterocycles. The molecule has 17 heavy (non-hydrogen) atoms. The van der Waals surface area contributed by atoms with Crippen molar-refractivity contribution in [2.75, 3.05) is 0 Å². The molecule has 0 unspecified atom stereocenters. The van der Waals surface area contributed by atoms with Crippen molar-refractivity contribution in [3.05, 3.63) is 34.9 Å². The first-order chi connectivity index (χ1) is 8.06. The van der Waals surface area contributed by atoms with Gasteiger partial charge in [-0.2, -0.15) is 5.10 Å². The molecule has 0 aliphatic rings. The number of nitrogens with zero attached hydrogens (tertiary/aromatic N) is 2. The predicted octanol–water partition coefficient (Wildman–Crippen LogP) is 1.89. The van der Waals surface area contributed by atoms with Crippen molar-refractivity contribution in [3.63, 3.8) is 0 Å². The number of H-pyrrole nitrogens is 1. The highest BCUT2D eigenvalue weighted by Gasteiger charge is 2.10. The molecule has 0 bridgehead atoms. The minimum atomic E-state index is -1.02. The van der Waals surface area contributed by atoms with Crippen molar-refractivity contribution in [3.8, 4) is 11.4 Å². The fourth-order valence-corrected chi connectivity index (χ4v) is 1.40. The van der Waals surface area contributed by atoms with Crippen LogP contribution in [0.1, 0.15) is 5.82 Å². The molecule has 0 radical (unpaired) electrons. The van der Waals surface area contributed by atoms with Crippen LogP contribution in [0.2, 0.25) is 5.02 Å². The summed E-state index contributed by atoms with van der Waals surface area (Å²) in [5, 5.41) is 14.8. The Labute approximate surface area is 100 Å². The zero-order valence-corrected chi connectivity index (χ0v) is 9.20. The van der Waals surface area contributed by atoms with Gasteiger partial charge in [-0.15, -0.1) is 0 Å². The maximum Gasteiger partial charge on any atom is 0.311 e. The number of hydrogen-bond acceptors (Lipinski definition) is 3. The number of hydrogen-bond donors (Lipinski definition) is 2. The van der Waals surface area contributed by atoms with E-state index in [1.807, 2.05) is 0 Å². The number of benzene rings is 1. The molecule has 2 rings (SSSR count). The highest BCUT2D eigenvalue weighted by atomic mass is 35.5. The van der Waals surface area contributed by atoms with E-state index in [9.17, 15) is 9.18 Å². The monoisotopic (exact) mass is 255 g/mol. The highest BCUT2D eigenvalue weighted by Crippen LogP contribution is 2.21. The van der Waals surface area contributed by atoms with Crippen LogP contribution >= 0.6 is 11.6 Å². The molecular weight excluding hydrogens is 249 g/mol. The maximum absolute atomic E-state index is 13.2. The van der Waals surface area contributed by atoms with E-state index >= 15 is 0 Å². The Morgan fingerprint density at radius 2 is 2.29 bits per heavy atom. The Kier molecular flexibility index (Phi) is 3.06. The van der Waals surface area contributed by atoms with E-state index in [4.69, 9.17) is 16.7 Å². The lowest BCUT2D eigenvalue weighted by Gasteiger charge is -1.96. The lowest BCUT2D eigenvalue weighted by molar-refractivity contribution is -0.136. The van der Waals surface area contributed by atoms with Crippen LogP contribution in [0.4, 0.5) is 4.39 Å². The number of aromatic amines is 1. The van der Waals surface area contributed by atoms with Gasteiger partial charge in [-0.1, -0.05) is 11.6 Å². The van der Waals surface area contributed by atoms with E-state index in [-0.39, 0.29) is 23.1 Å². The van der Waals surface area contributed by atoms with Gasteiger partial charge in [0, 0.05) is 5.56 Å². The van der Waals surface area contributed by atoms with Crippen LogP contribution in [-0.2, 0) is 11.2 Å². The summed E-state index contributed by atoms with van der Waals surface area (Å²) in [6, 6.07) is 4.13. The van der Waals surface area contributed by atoms with Gasteiger partial charge in [0.1, 0.15) is 18.1 Å². The number of halogens is 2. The number of aromatic nitrogens is 3. The zero-order valence-electron chi connectivity index (χ0n) is 8.44. The van der Waals surface area contributed by atoms with Crippen LogP contribution in [0.5, 0.6) is 0 Å². The Morgan fingerprint density at radius 1 is 1.53 bits per heavy atom. The van der Waals surface area contributed by atoms with E-state index < -0.39 is 11.8 Å². The molecule has 0 spiro atoms. The van der Waals surface area contributed by atoms with E-state index in [0.717, 1.165) is 0 Å². The predicted molar refractivity (Wildman–Crippen MR) is 58.1 cm³/mol. The summed E-state index contributed by atoms with van der Waals surface area (Å²) in [6.45, 7) is 0. The van der Waals surface area contributed by atoms with Crippen molar-refractivity contribution in [2.24, 2.45) is 0 Å². The second kappa shape index (κ2) is 4.50. The molecule has 7 heteroatoms. The molecule has 2 N–H and O–H groups in total. The number of carbonyl (C=O) groups is 1. The average molecular weight is 256 g/mol. The third-order valence-electron chi connectivity index (χ3n) is 2.03. The highest BCUT2D eigenvalue weighted by molar-refractivity contribution is 6.30. The first-order valence-electron chi connectivity index (χ1n) is 4.65. The van der Waals surface area contributed by atoms with E-state index in [2.05, 4.69) is 15.2 Å². The molecule has 0 saturated carbocycles. The smallest absolute Gasteiger partial charge is 0.311 e. The minimum absolute atomic E-state index is 0.00930. The van der Waals surface area contributed by atoms with Gasteiger partial charge in [0.15, 0.2) is 5.82 Å². The fraction of sp³-hybridized carbons (Fsp3) is 0.100. The van der Waals surface area contributed by atoms with Crippen LogP contribution in [-0.4, -0.2) is 26.3 Å². The SMILES string of the molecule is O=C(O)Cc1nc(-c2ccc(Cl)c(F)c2)n[nH]1. The van der Waals surface area contributed by atoms with E-state index in [1.165, 1.54) is 12.1 Å². The molecule has 2 aromatic rings. The minimum Gasteiger partial charge on any atom is -0.481 e. The first-order valence-corrected chi connectivity index (χ1v) is 5.02. The van der Waals surface area contributed by atoms with Gasteiger partial charge in [-0.05, 0) is 18.2 Å². The molecule has 0 aliphatic carbocycles. The van der Waals surface area contributed by atoms with Crippen molar-refractivity contribution in [1.29, 1.82) is 0 Å². The molecule has 1 heterocycles. The fourth-order valence-electron chi connectivity index (χ4n) is 1.28. The number of nitrogens with one attached hydrogen (secondary N) is 1. The first kappa shape index (κ1) is 11.5. The lowest BCUT2D eigenvalue weighted by atomic mass is 10.2. The molecule has 1 aromatic carbocycles. The largest absolute Gasteiger partial charge is 0.481 e. The van der Waals surface area contributed by atoms with E-state index in [0.29, 0.717) is 5.56 Å². The van der Waals surface area contributed by atoms with Crippen molar-refractivity contribution in [1.82, 2.24) is 15.2 Å². The number of carboxylic acids is 1. The Morgan fingerprint density at radius 3 is 2.94 bits per heavy atom. The lowest BCUT2D eigenvalue weighted by Crippen LogP contribution is -2.01. The summed E-state index contributed by atoms with van der Waals surface area (Å²) in [7, 11) is 0. The molecule has 1 aromatic heterocycles. The van der Waals surface area contributed by atoms with Crippen LogP contribution < -0.4 is 0 Å². The van der Waals surface area contributed by atoms with Crippen LogP contribution in [0.15, 0.2) is 18.2 Å². The molecule has 0 aliphatic heterocycles. The van der Waals surface area contributed by atoms with E-state index in [1.54, 1.807) is 6.07 Å². The zero-order chi connectivity index (χ0) is 12.4. The molecular formula is C10H7ClFN3O2. The summed E-state index contributed by atoms with van der Waals surface area (Å²) >= 11 is 5.54. The van der Waals surface area contributed by atoms with Crippen molar-refractivity contribution < 1.29 is 14.3 Å². The van der Waals surface area contributed by atoms with Crippen LogP contribution in [0.3, 0.4) is 0 Å². The average Bonchev–Trinajstić information content (AvgIpc) is 2.69. The Balaban J connectivity index is 2.30. The van der Waals surface area contributed by atoms with Gasteiger partial charge < -0.3 is 5.11 Å². The Bertz CT molecular complexity index is 570. The number of aliphatic carboxylic acids is 1. The number of rotatable bonds is 3. The summed E-state index contributed by atoms with van der Waals surface area (Å²) in [5.41, 5.74) is 0.430. The van der Waals surface area contributed by atoms with Gasteiger partial charge in [-0.25, -0.2) is 9.37 Å². The van der Waals surface area contributed by atoms with Gasteiger partial charge in [0.2, 0.25) is 0 Å². The summed E-state index contributed by atoms with van der Waals surface area (Å²) in [5.74, 6) is -1.15. The molecule has 0 amide bonds. The Hall–Kier alpha value is -1.95. The second-order valence-electron chi connectivity index (χ2n) is 3.31. The third-order valence-corrected chi connectivity index (χ3v) is 2.33. The third kappa shape index (κ3) is 2.59. The molecule has 0 fully saturated rings. The molecule has 0 atom stereocenters. The second-order valence-corrected chi connectivity index (χ2v) is 3.71. The van der Waals surface area contributed by atoms with Crippen LogP contribution in [0.25, 0.3) is 11.4 Å². The summed E-state index contributed by atoms with van der Waals surface area (Å²) < 4.78 is 13.2. The van der Waals surface area contributed by atoms with Gasteiger partial charge in [-0.3, -0.25) is 9.89 Å². The van der Waals surface area contributed by atoms with Crippen molar-refractivity contribution >= 4 is 17.6 Å². The van der Waals surface area contributed by atoms with Crippen LogP contribution in [0, 0.1) is 5.82 Å². The number of carboxylic acid groups (broad SMARTS) is 1. The standard InChI is InChI=1S/C10H7ClFN3O2/c11-6-2-1-5(3-7(6)12)10-13-8(14-15-10)4-9(16)17/h1-3H,4H2,(H,16,17)(H,13,14,15). The molecule has 5 nitrogen and oxygen atoms in total.